The molecule has 1 aliphatic rings. The number of carbonyl (C=O) groups excluding carboxylic acids is 1. The predicted octanol–water partition coefficient (Wildman–Crippen LogP) is 2.33. The van der Waals surface area contributed by atoms with Gasteiger partial charge in [0.05, 0.1) is 11.4 Å². The molecule has 1 fully saturated rings. The van der Waals surface area contributed by atoms with Gasteiger partial charge >= 0.3 is 0 Å². The first-order valence-electron chi connectivity index (χ1n) is 9.77. The number of primary amides is 1. The molecule has 0 spiro atoms. The van der Waals surface area contributed by atoms with Gasteiger partial charge in [0, 0.05) is 36.7 Å². The Kier molecular flexibility index (Phi) is 5.57. The fourth-order valence-electron chi connectivity index (χ4n) is 3.53. The van der Waals surface area contributed by atoms with E-state index in [-0.39, 0.29) is 29.2 Å². The number of rotatable bonds is 6. The third-order valence-corrected chi connectivity index (χ3v) is 5.16. The molecule has 1 aliphatic carbocycles. The number of aromatic nitrogens is 4. The lowest BCUT2D eigenvalue weighted by Gasteiger charge is -2.29. The Morgan fingerprint density at radius 3 is 2.80 bits per heavy atom. The van der Waals surface area contributed by atoms with Gasteiger partial charge in [0.2, 0.25) is 5.95 Å². The molecule has 2 aromatic heterocycles. The number of amides is 1. The Morgan fingerprint density at radius 1 is 1.27 bits per heavy atom. The van der Waals surface area contributed by atoms with Crippen molar-refractivity contribution >= 4 is 23.4 Å². The van der Waals surface area contributed by atoms with E-state index < -0.39 is 11.7 Å². The number of nitrogens with one attached hydrogen (secondary N) is 2. The molecule has 10 heteroatoms. The minimum atomic E-state index is -0.716. The molecule has 0 unspecified atom stereocenters. The van der Waals surface area contributed by atoms with Crippen LogP contribution in [0.2, 0.25) is 0 Å². The summed E-state index contributed by atoms with van der Waals surface area (Å²) in [5.41, 5.74) is 12.4. The van der Waals surface area contributed by atoms with Crippen LogP contribution in [0.15, 0.2) is 42.9 Å². The molecule has 30 heavy (non-hydrogen) atoms. The molecule has 1 amide bonds. The summed E-state index contributed by atoms with van der Waals surface area (Å²) in [5, 5.41) is 10.2. The Hall–Kier alpha value is -3.53. The van der Waals surface area contributed by atoms with Crippen molar-refractivity contribution in [3.05, 3.63) is 54.2 Å². The molecule has 1 saturated carbocycles. The number of nitrogens with two attached hydrogens (primary N) is 2. The van der Waals surface area contributed by atoms with Crippen LogP contribution in [-0.2, 0) is 0 Å². The number of hydrogen-bond donors (Lipinski definition) is 4. The average molecular weight is 410 g/mol. The highest BCUT2D eigenvalue weighted by Crippen LogP contribution is 2.25. The molecular weight excluding hydrogens is 387 g/mol. The first-order valence-corrected chi connectivity index (χ1v) is 9.77. The van der Waals surface area contributed by atoms with E-state index in [4.69, 9.17) is 11.5 Å². The van der Waals surface area contributed by atoms with Gasteiger partial charge in [0.25, 0.3) is 5.91 Å². The Labute approximate surface area is 172 Å². The van der Waals surface area contributed by atoms with Crippen LogP contribution in [0.3, 0.4) is 0 Å². The highest BCUT2D eigenvalue weighted by Gasteiger charge is 2.23. The van der Waals surface area contributed by atoms with E-state index in [1.54, 1.807) is 35.3 Å². The number of benzene rings is 1. The van der Waals surface area contributed by atoms with Gasteiger partial charge in [-0.1, -0.05) is 12.8 Å². The van der Waals surface area contributed by atoms with Crippen molar-refractivity contribution in [3.8, 4) is 5.69 Å². The molecule has 0 bridgehead atoms. The summed E-state index contributed by atoms with van der Waals surface area (Å²) in [5.74, 6) is -0.818. The zero-order valence-electron chi connectivity index (χ0n) is 16.3. The van der Waals surface area contributed by atoms with Gasteiger partial charge in [-0.2, -0.15) is 10.1 Å². The lowest BCUT2D eigenvalue weighted by molar-refractivity contribution is 0.100. The van der Waals surface area contributed by atoms with E-state index >= 15 is 0 Å². The summed E-state index contributed by atoms with van der Waals surface area (Å²) < 4.78 is 16.2. The fourth-order valence-corrected chi connectivity index (χ4v) is 3.53. The monoisotopic (exact) mass is 410 g/mol. The van der Waals surface area contributed by atoms with Crippen LogP contribution in [0.1, 0.15) is 36.0 Å². The summed E-state index contributed by atoms with van der Waals surface area (Å²) in [6.45, 7) is 0. The van der Waals surface area contributed by atoms with Crippen LogP contribution in [0, 0.1) is 5.82 Å². The Bertz CT molecular complexity index is 1040. The smallest absolute Gasteiger partial charge is 0.254 e. The standard InChI is InChI=1S/C20H23FN8O/c21-14-10-12(29-9-3-8-25-29)6-7-16(14)26-19-13(18(23)30)11-24-20(28-19)27-17-5-2-1-4-15(17)22/h3,6-11,15,17H,1-2,4-5,22H2,(H2,23,30)(H2,24,26,27,28)/t15-,17+/m0/s1. The zero-order chi connectivity index (χ0) is 21.1. The van der Waals surface area contributed by atoms with E-state index in [1.165, 1.54) is 12.3 Å². The van der Waals surface area contributed by atoms with Crippen molar-refractivity contribution in [2.24, 2.45) is 11.5 Å². The summed E-state index contributed by atoms with van der Waals surface area (Å²) in [6.07, 6.45) is 8.65. The van der Waals surface area contributed by atoms with E-state index in [0.29, 0.717) is 11.6 Å². The number of nitrogens with zero attached hydrogens (tertiary/aromatic N) is 4. The maximum atomic E-state index is 14.7. The molecule has 0 aliphatic heterocycles. The van der Waals surface area contributed by atoms with Crippen molar-refractivity contribution in [1.29, 1.82) is 0 Å². The summed E-state index contributed by atoms with van der Waals surface area (Å²) in [7, 11) is 0. The topological polar surface area (TPSA) is 137 Å². The van der Waals surface area contributed by atoms with Crippen molar-refractivity contribution in [2.75, 3.05) is 10.6 Å². The molecule has 6 N–H and O–H groups in total. The maximum absolute atomic E-state index is 14.7. The number of halogens is 1. The van der Waals surface area contributed by atoms with Gasteiger partial charge in [0.1, 0.15) is 17.2 Å². The first-order chi connectivity index (χ1) is 14.5. The van der Waals surface area contributed by atoms with Gasteiger partial charge in [-0.05, 0) is 31.0 Å². The Balaban J connectivity index is 1.59. The highest BCUT2D eigenvalue weighted by molar-refractivity contribution is 5.98. The normalized spacial score (nSPS) is 18.7. The van der Waals surface area contributed by atoms with Gasteiger partial charge < -0.3 is 22.1 Å². The fraction of sp³-hybridized carbons (Fsp3) is 0.300. The highest BCUT2D eigenvalue weighted by atomic mass is 19.1. The van der Waals surface area contributed by atoms with Crippen LogP contribution in [-0.4, -0.2) is 37.7 Å². The van der Waals surface area contributed by atoms with E-state index in [2.05, 4.69) is 25.7 Å². The maximum Gasteiger partial charge on any atom is 0.254 e. The van der Waals surface area contributed by atoms with Crippen LogP contribution >= 0.6 is 0 Å². The minimum absolute atomic E-state index is 0.00172. The third kappa shape index (κ3) is 4.23. The SMILES string of the molecule is NC(=O)c1cnc(N[C@@H]2CCCC[C@@H]2N)nc1Nc1ccc(-n2cccn2)cc1F. The van der Waals surface area contributed by atoms with Gasteiger partial charge in [-0.15, -0.1) is 0 Å². The number of carbonyl (C=O) groups is 1. The van der Waals surface area contributed by atoms with Crippen molar-refractivity contribution in [1.82, 2.24) is 19.7 Å². The quantitative estimate of drug-likeness (QED) is 0.489. The van der Waals surface area contributed by atoms with Crippen LogP contribution < -0.4 is 22.1 Å². The second kappa shape index (κ2) is 8.46. The lowest BCUT2D eigenvalue weighted by atomic mass is 9.91. The molecule has 3 aromatic rings. The van der Waals surface area contributed by atoms with Gasteiger partial charge in [-0.25, -0.2) is 14.1 Å². The van der Waals surface area contributed by atoms with Gasteiger partial charge in [-0.3, -0.25) is 4.79 Å². The largest absolute Gasteiger partial charge is 0.365 e. The molecule has 0 saturated heterocycles. The van der Waals surface area contributed by atoms with Crippen molar-refractivity contribution < 1.29 is 9.18 Å². The zero-order valence-corrected chi connectivity index (χ0v) is 16.3. The molecule has 4 rings (SSSR count). The number of anilines is 3. The van der Waals surface area contributed by atoms with Crippen molar-refractivity contribution in [2.45, 2.75) is 37.8 Å². The molecule has 2 heterocycles. The molecule has 156 valence electrons. The second-order valence-corrected chi connectivity index (χ2v) is 7.26. The van der Waals surface area contributed by atoms with Gasteiger partial charge in [0.15, 0.2) is 0 Å². The summed E-state index contributed by atoms with van der Waals surface area (Å²) in [4.78, 5) is 20.4. The van der Waals surface area contributed by atoms with Crippen LogP contribution in [0.5, 0.6) is 0 Å². The lowest BCUT2D eigenvalue weighted by Crippen LogP contribution is -2.43. The Morgan fingerprint density at radius 2 is 2.10 bits per heavy atom. The second-order valence-electron chi connectivity index (χ2n) is 7.26. The third-order valence-electron chi connectivity index (χ3n) is 5.16. The number of hydrogen-bond acceptors (Lipinski definition) is 7. The van der Waals surface area contributed by atoms with E-state index in [9.17, 15) is 9.18 Å². The molecular formula is C20H23FN8O. The molecule has 9 nitrogen and oxygen atoms in total. The molecule has 1 aromatic carbocycles. The van der Waals surface area contributed by atoms with Crippen molar-refractivity contribution in [3.63, 3.8) is 0 Å². The van der Waals surface area contributed by atoms with Crippen LogP contribution in [0.4, 0.5) is 21.8 Å². The minimum Gasteiger partial charge on any atom is -0.365 e. The van der Waals surface area contributed by atoms with E-state index in [1.807, 2.05) is 0 Å². The average Bonchev–Trinajstić information content (AvgIpc) is 3.26. The molecule has 0 radical (unpaired) electrons. The summed E-state index contributed by atoms with van der Waals surface area (Å²) in [6, 6.07) is 6.36. The van der Waals surface area contributed by atoms with Crippen LogP contribution in [0.25, 0.3) is 5.69 Å². The first kappa shape index (κ1) is 19.8. The predicted molar refractivity (Wildman–Crippen MR) is 111 cm³/mol. The molecule has 2 atom stereocenters. The summed E-state index contributed by atoms with van der Waals surface area (Å²) >= 11 is 0. The van der Waals surface area contributed by atoms with E-state index in [0.717, 1.165) is 25.7 Å².